The molecule has 2 N–H and O–H groups in total. The Kier molecular flexibility index (Phi) is 6.38. The van der Waals surface area contributed by atoms with Crippen LogP contribution in [0, 0.1) is 0 Å². The lowest BCUT2D eigenvalue weighted by atomic mass is 10.1. The van der Waals surface area contributed by atoms with Gasteiger partial charge in [-0.2, -0.15) is 0 Å². The minimum Gasteiger partial charge on any atom is -0.377 e. The molecule has 2 rings (SSSR count). The molecule has 0 bridgehead atoms. The summed E-state index contributed by atoms with van der Waals surface area (Å²) in [6.07, 6.45) is 0.00577. The summed E-state index contributed by atoms with van der Waals surface area (Å²) in [6, 6.07) is 7.91. The van der Waals surface area contributed by atoms with Crippen LogP contribution in [0.15, 0.2) is 24.3 Å². The minimum absolute atomic E-state index is 0.00577. The zero-order chi connectivity index (χ0) is 16.8. The average molecular weight is 320 g/mol. The van der Waals surface area contributed by atoms with Gasteiger partial charge in [-0.15, -0.1) is 0 Å². The maximum absolute atomic E-state index is 12.1. The van der Waals surface area contributed by atoms with Crippen LogP contribution in [0.4, 0.5) is 10.5 Å². The zero-order valence-corrected chi connectivity index (χ0v) is 14.5. The molecule has 6 heteroatoms. The minimum atomic E-state index is -0.172. The van der Waals surface area contributed by atoms with E-state index in [1.807, 2.05) is 31.2 Å². The van der Waals surface area contributed by atoms with Crippen molar-refractivity contribution in [1.29, 1.82) is 0 Å². The number of amides is 2. The first kappa shape index (κ1) is 17.7. The quantitative estimate of drug-likeness (QED) is 0.868. The molecule has 1 fully saturated rings. The first-order valence-electron chi connectivity index (χ1n) is 8.06. The van der Waals surface area contributed by atoms with Gasteiger partial charge in [0.2, 0.25) is 0 Å². The summed E-state index contributed by atoms with van der Waals surface area (Å²) in [7, 11) is 5.89. The van der Waals surface area contributed by atoms with Gasteiger partial charge in [-0.1, -0.05) is 12.1 Å². The Labute approximate surface area is 138 Å². The van der Waals surface area contributed by atoms with E-state index in [-0.39, 0.29) is 12.1 Å². The maximum Gasteiger partial charge on any atom is 0.319 e. The monoisotopic (exact) mass is 320 g/mol. The molecule has 0 unspecified atom stereocenters. The summed E-state index contributed by atoms with van der Waals surface area (Å²) in [5.41, 5.74) is 1.82. The van der Waals surface area contributed by atoms with Crippen molar-refractivity contribution in [3.63, 3.8) is 0 Å². The highest BCUT2D eigenvalue weighted by Gasteiger charge is 2.22. The highest BCUT2D eigenvalue weighted by Crippen LogP contribution is 2.19. The van der Waals surface area contributed by atoms with Gasteiger partial charge in [-0.05, 0) is 38.7 Å². The fraction of sp³-hybridized carbons (Fsp3) is 0.588. The summed E-state index contributed by atoms with van der Waals surface area (Å²) in [5.74, 6) is 0. The Morgan fingerprint density at radius 2 is 2.17 bits per heavy atom. The predicted molar refractivity (Wildman–Crippen MR) is 92.8 cm³/mol. The van der Waals surface area contributed by atoms with E-state index in [1.54, 1.807) is 7.11 Å². The molecule has 0 radical (unpaired) electrons. The molecule has 2 atom stereocenters. The van der Waals surface area contributed by atoms with Crippen LogP contribution < -0.4 is 10.6 Å². The molecule has 1 heterocycles. The van der Waals surface area contributed by atoms with E-state index in [4.69, 9.17) is 4.74 Å². The second kappa shape index (κ2) is 8.29. The molecule has 1 aromatic rings. The zero-order valence-electron chi connectivity index (χ0n) is 14.5. The summed E-state index contributed by atoms with van der Waals surface area (Å²) < 4.78 is 5.31. The molecule has 0 saturated carbocycles. The number of ether oxygens (including phenoxy) is 1. The van der Waals surface area contributed by atoms with Gasteiger partial charge >= 0.3 is 6.03 Å². The molecule has 1 saturated heterocycles. The molecule has 1 aliphatic rings. The van der Waals surface area contributed by atoms with Gasteiger partial charge in [-0.25, -0.2) is 4.79 Å². The number of anilines is 1. The highest BCUT2D eigenvalue weighted by molar-refractivity contribution is 5.89. The van der Waals surface area contributed by atoms with Gasteiger partial charge in [0.15, 0.2) is 0 Å². The molecular weight excluding hydrogens is 292 g/mol. The third kappa shape index (κ3) is 5.20. The SMILES string of the molecule is CO[C@@H](C)c1cccc(NC(=O)NC[C@@H]2CN(C)CCN2C)c1. The molecular formula is C17H28N4O2. The van der Waals surface area contributed by atoms with Crippen LogP contribution >= 0.6 is 0 Å². The molecule has 2 amide bonds. The smallest absolute Gasteiger partial charge is 0.319 e. The van der Waals surface area contributed by atoms with Crippen molar-refractivity contribution in [1.82, 2.24) is 15.1 Å². The van der Waals surface area contributed by atoms with Crippen molar-refractivity contribution in [2.24, 2.45) is 0 Å². The summed E-state index contributed by atoms with van der Waals surface area (Å²) in [5, 5.41) is 5.85. The summed E-state index contributed by atoms with van der Waals surface area (Å²) in [4.78, 5) is 16.7. The summed E-state index contributed by atoms with van der Waals surface area (Å²) in [6.45, 7) is 5.69. The Morgan fingerprint density at radius 1 is 1.39 bits per heavy atom. The number of carbonyl (C=O) groups is 1. The van der Waals surface area contributed by atoms with Gasteiger partial charge < -0.3 is 20.3 Å². The number of nitrogens with one attached hydrogen (secondary N) is 2. The van der Waals surface area contributed by atoms with Crippen molar-refractivity contribution in [2.75, 3.05) is 52.7 Å². The standard InChI is InChI=1S/C17H28N4O2/c1-13(23-4)14-6-5-7-15(10-14)19-17(22)18-11-16-12-20(2)8-9-21(16)3/h5-7,10,13,16H,8-9,11-12H2,1-4H3,(H2,18,19,22)/t13-,16+/m0/s1. The van der Waals surface area contributed by atoms with Crippen LogP contribution in [0.3, 0.4) is 0 Å². The van der Waals surface area contributed by atoms with Crippen LogP contribution in [0.1, 0.15) is 18.6 Å². The van der Waals surface area contributed by atoms with Gasteiger partial charge in [0.1, 0.15) is 0 Å². The van der Waals surface area contributed by atoms with Crippen LogP contribution in [-0.4, -0.2) is 69.3 Å². The number of carbonyl (C=O) groups excluding carboxylic acids is 1. The van der Waals surface area contributed by atoms with Gasteiger partial charge in [0.25, 0.3) is 0 Å². The number of hydrogen-bond donors (Lipinski definition) is 2. The fourth-order valence-corrected chi connectivity index (χ4v) is 2.71. The lowest BCUT2D eigenvalue weighted by Crippen LogP contribution is -2.54. The van der Waals surface area contributed by atoms with Crippen molar-refractivity contribution < 1.29 is 9.53 Å². The Balaban J connectivity index is 1.85. The van der Waals surface area contributed by atoms with Crippen molar-refractivity contribution in [2.45, 2.75) is 19.1 Å². The molecule has 0 aromatic heterocycles. The van der Waals surface area contributed by atoms with Crippen molar-refractivity contribution in [3.8, 4) is 0 Å². The van der Waals surface area contributed by atoms with Gasteiger partial charge in [-0.3, -0.25) is 4.90 Å². The van der Waals surface area contributed by atoms with E-state index in [0.29, 0.717) is 12.6 Å². The maximum atomic E-state index is 12.1. The summed E-state index contributed by atoms with van der Waals surface area (Å²) >= 11 is 0. The second-order valence-electron chi connectivity index (χ2n) is 6.24. The largest absolute Gasteiger partial charge is 0.377 e. The van der Waals surface area contributed by atoms with Crippen molar-refractivity contribution in [3.05, 3.63) is 29.8 Å². The average Bonchev–Trinajstić information content (AvgIpc) is 2.55. The normalized spacial score (nSPS) is 21.0. The number of nitrogens with zero attached hydrogens (tertiary/aromatic N) is 2. The Hall–Kier alpha value is -1.63. The topological polar surface area (TPSA) is 56.8 Å². The Bertz CT molecular complexity index is 523. The fourth-order valence-electron chi connectivity index (χ4n) is 2.71. The number of methoxy groups -OCH3 is 1. The van der Waals surface area contributed by atoms with Crippen LogP contribution in [0.25, 0.3) is 0 Å². The van der Waals surface area contributed by atoms with E-state index < -0.39 is 0 Å². The lowest BCUT2D eigenvalue weighted by Gasteiger charge is -2.37. The molecule has 1 aromatic carbocycles. The third-order valence-corrected chi connectivity index (χ3v) is 4.45. The molecule has 23 heavy (non-hydrogen) atoms. The van der Waals surface area contributed by atoms with Crippen molar-refractivity contribution >= 4 is 11.7 Å². The van der Waals surface area contributed by atoms with Gasteiger partial charge in [0.05, 0.1) is 6.10 Å². The molecule has 0 aliphatic carbocycles. The molecule has 128 valence electrons. The number of hydrogen-bond acceptors (Lipinski definition) is 4. The van der Waals surface area contributed by atoms with Gasteiger partial charge in [0, 0.05) is 45.0 Å². The molecule has 0 spiro atoms. The predicted octanol–water partition coefficient (Wildman–Crippen LogP) is 1.76. The lowest BCUT2D eigenvalue weighted by molar-refractivity contribution is 0.115. The number of rotatable bonds is 5. The molecule has 1 aliphatic heterocycles. The number of urea groups is 1. The number of piperazine rings is 1. The first-order valence-corrected chi connectivity index (χ1v) is 8.06. The van der Waals surface area contributed by atoms with E-state index in [9.17, 15) is 4.79 Å². The highest BCUT2D eigenvalue weighted by atomic mass is 16.5. The first-order chi connectivity index (χ1) is 11.0. The van der Waals surface area contributed by atoms with E-state index >= 15 is 0 Å². The Morgan fingerprint density at radius 3 is 2.91 bits per heavy atom. The molecule has 6 nitrogen and oxygen atoms in total. The third-order valence-electron chi connectivity index (χ3n) is 4.45. The van der Waals surface area contributed by atoms with E-state index in [2.05, 4.69) is 34.5 Å². The van der Waals surface area contributed by atoms with E-state index in [0.717, 1.165) is 30.9 Å². The number of benzene rings is 1. The van der Waals surface area contributed by atoms with Crippen LogP contribution in [0.2, 0.25) is 0 Å². The number of likely N-dealkylation sites (N-methyl/N-ethyl adjacent to an activating group) is 2. The second-order valence-corrected chi connectivity index (χ2v) is 6.24. The van der Waals surface area contributed by atoms with E-state index in [1.165, 1.54) is 0 Å². The van der Waals surface area contributed by atoms with Crippen LogP contribution in [0.5, 0.6) is 0 Å². The van der Waals surface area contributed by atoms with Crippen LogP contribution in [-0.2, 0) is 4.74 Å².